The maximum Gasteiger partial charge on any atom is 0.416 e. The molecule has 1 unspecified atom stereocenters. The number of hydrogen-bond acceptors (Lipinski definition) is 6. The minimum atomic E-state index is -4.52. The number of fused-ring (bicyclic) bond motifs is 1. The number of carbonyl (C=O) groups excluding carboxylic acids is 1. The second kappa shape index (κ2) is 10.9. The molecular formula is C29H33F3N6O. The van der Waals surface area contributed by atoms with Gasteiger partial charge in [0.1, 0.15) is 6.33 Å². The Morgan fingerprint density at radius 1 is 1.10 bits per heavy atom. The Hall–Kier alpha value is -3.50. The van der Waals surface area contributed by atoms with Gasteiger partial charge in [-0.15, -0.1) is 0 Å². The van der Waals surface area contributed by atoms with Gasteiger partial charge in [-0.3, -0.25) is 9.69 Å². The van der Waals surface area contributed by atoms with Gasteiger partial charge in [0.15, 0.2) is 0 Å². The maximum atomic E-state index is 13.8. The normalized spacial score (nSPS) is 19.8. The standard InChI is InChI=1S/C29H33F3N6O/c1-19-27-12-22(5-4-21(27)6-9-38(19)26-14-33-18-34-15-26)28(39)35-24-11-20(10-23(13-24)29(30,31)32)16-37-8-7-25(17-37)36(2)3/h4-5,10-15,18-19,25H,6-9,16-17H2,1-3H3,(H,35,39)/t19?,25-/m0/s1. The van der Waals surface area contributed by atoms with E-state index in [4.69, 9.17) is 0 Å². The van der Waals surface area contributed by atoms with Crippen molar-refractivity contribution in [2.24, 2.45) is 0 Å². The number of nitrogens with one attached hydrogen (secondary N) is 1. The highest BCUT2D eigenvalue weighted by Gasteiger charge is 2.32. The molecule has 2 aliphatic rings. The summed E-state index contributed by atoms with van der Waals surface area (Å²) in [6.07, 6.45) is 2.27. The molecule has 1 saturated heterocycles. The highest BCUT2D eigenvalue weighted by atomic mass is 19.4. The van der Waals surface area contributed by atoms with Crippen molar-refractivity contribution < 1.29 is 18.0 Å². The van der Waals surface area contributed by atoms with Crippen molar-refractivity contribution in [3.8, 4) is 0 Å². The van der Waals surface area contributed by atoms with Crippen molar-refractivity contribution in [3.63, 3.8) is 0 Å². The fourth-order valence-corrected chi connectivity index (χ4v) is 5.61. The van der Waals surface area contributed by atoms with E-state index >= 15 is 0 Å². The lowest BCUT2D eigenvalue weighted by Crippen LogP contribution is -2.34. The number of alkyl halides is 3. The molecule has 0 aliphatic carbocycles. The zero-order valence-electron chi connectivity index (χ0n) is 22.4. The Balaban J connectivity index is 1.36. The molecule has 0 bridgehead atoms. The number of nitrogens with zero attached hydrogens (tertiary/aromatic N) is 5. The van der Waals surface area contributed by atoms with E-state index in [9.17, 15) is 18.0 Å². The lowest BCUT2D eigenvalue weighted by Gasteiger charge is -2.36. The molecule has 2 atom stereocenters. The summed E-state index contributed by atoms with van der Waals surface area (Å²) in [7, 11) is 4.03. The fourth-order valence-electron chi connectivity index (χ4n) is 5.61. The van der Waals surface area contributed by atoms with Gasteiger partial charge >= 0.3 is 6.18 Å². The first kappa shape index (κ1) is 27.1. The SMILES string of the molecule is CC1c2cc(C(=O)Nc3cc(CN4CC[C@H](N(C)C)C4)cc(C(F)(F)F)c3)ccc2CCN1c1cncnc1. The predicted octanol–water partition coefficient (Wildman–Crippen LogP) is 5.01. The molecular weight excluding hydrogens is 505 g/mol. The minimum absolute atomic E-state index is 0.0147. The van der Waals surface area contributed by atoms with Crippen molar-refractivity contribution in [2.45, 2.75) is 44.6 Å². The number of carbonyl (C=O) groups is 1. The fraction of sp³-hybridized carbons (Fsp3) is 0.414. The van der Waals surface area contributed by atoms with Crippen LogP contribution < -0.4 is 10.2 Å². The van der Waals surface area contributed by atoms with Crippen LogP contribution in [0.25, 0.3) is 0 Å². The van der Waals surface area contributed by atoms with E-state index in [1.54, 1.807) is 24.5 Å². The zero-order valence-corrected chi connectivity index (χ0v) is 22.4. The largest absolute Gasteiger partial charge is 0.416 e. The van der Waals surface area contributed by atoms with E-state index in [1.807, 2.05) is 26.2 Å². The monoisotopic (exact) mass is 538 g/mol. The molecule has 0 saturated carbocycles. The van der Waals surface area contributed by atoms with Crippen LogP contribution in [0.3, 0.4) is 0 Å². The molecule has 2 aromatic carbocycles. The van der Waals surface area contributed by atoms with Crippen molar-refractivity contribution in [3.05, 3.63) is 82.9 Å². The van der Waals surface area contributed by atoms with Crippen molar-refractivity contribution >= 4 is 17.3 Å². The second-order valence-corrected chi connectivity index (χ2v) is 10.6. The van der Waals surface area contributed by atoms with E-state index in [2.05, 4.69) is 36.9 Å². The molecule has 39 heavy (non-hydrogen) atoms. The highest BCUT2D eigenvalue weighted by Crippen LogP contribution is 2.35. The summed E-state index contributed by atoms with van der Waals surface area (Å²) in [6.45, 7) is 4.87. The first-order valence-electron chi connectivity index (χ1n) is 13.1. The van der Waals surface area contributed by atoms with E-state index in [0.717, 1.165) is 55.4 Å². The summed E-state index contributed by atoms with van der Waals surface area (Å²) in [5, 5.41) is 2.73. The van der Waals surface area contributed by atoms with Crippen molar-refractivity contribution in [2.75, 3.05) is 43.9 Å². The Bertz CT molecular complexity index is 1330. The molecule has 206 valence electrons. The van der Waals surface area contributed by atoms with Crippen LogP contribution in [0, 0.1) is 0 Å². The van der Waals surface area contributed by atoms with Gasteiger partial charge in [0, 0.05) is 43.5 Å². The third-order valence-corrected chi connectivity index (χ3v) is 7.79. The molecule has 1 N–H and O–H groups in total. The van der Waals surface area contributed by atoms with Crippen LogP contribution in [-0.2, 0) is 19.1 Å². The van der Waals surface area contributed by atoms with Gasteiger partial charge in [-0.05, 0) is 80.9 Å². The van der Waals surface area contributed by atoms with E-state index in [1.165, 1.54) is 12.4 Å². The Kier molecular flexibility index (Phi) is 7.59. The predicted molar refractivity (Wildman–Crippen MR) is 145 cm³/mol. The number of rotatable bonds is 6. The summed E-state index contributed by atoms with van der Waals surface area (Å²) in [6, 6.07) is 9.71. The summed E-state index contributed by atoms with van der Waals surface area (Å²) in [5.74, 6) is -0.440. The van der Waals surface area contributed by atoms with Gasteiger partial charge in [-0.1, -0.05) is 6.07 Å². The molecule has 10 heteroatoms. The second-order valence-electron chi connectivity index (χ2n) is 10.6. The summed E-state index contributed by atoms with van der Waals surface area (Å²) < 4.78 is 41.3. The van der Waals surface area contributed by atoms with Crippen LogP contribution in [0.2, 0.25) is 0 Å². The van der Waals surface area contributed by atoms with Crippen LogP contribution in [0.15, 0.2) is 55.1 Å². The molecule has 3 aromatic rings. The van der Waals surface area contributed by atoms with Crippen LogP contribution in [0.1, 0.15) is 52.0 Å². The average Bonchev–Trinajstić information content (AvgIpc) is 3.37. The van der Waals surface area contributed by atoms with Crippen LogP contribution >= 0.6 is 0 Å². The molecule has 2 aliphatic heterocycles. The number of anilines is 2. The molecule has 1 amide bonds. The van der Waals surface area contributed by atoms with Gasteiger partial charge < -0.3 is 15.1 Å². The number of hydrogen-bond donors (Lipinski definition) is 1. The smallest absolute Gasteiger partial charge is 0.362 e. The van der Waals surface area contributed by atoms with E-state index in [0.29, 0.717) is 23.7 Å². The molecule has 3 heterocycles. The van der Waals surface area contributed by atoms with Crippen LogP contribution in [0.5, 0.6) is 0 Å². The zero-order chi connectivity index (χ0) is 27.7. The van der Waals surface area contributed by atoms with Crippen molar-refractivity contribution in [1.29, 1.82) is 0 Å². The third-order valence-electron chi connectivity index (χ3n) is 7.79. The lowest BCUT2D eigenvalue weighted by atomic mass is 9.91. The summed E-state index contributed by atoms with van der Waals surface area (Å²) >= 11 is 0. The third kappa shape index (κ3) is 6.07. The quantitative estimate of drug-likeness (QED) is 0.476. The molecule has 7 nitrogen and oxygen atoms in total. The molecule has 0 spiro atoms. The van der Waals surface area contributed by atoms with Gasteiger partial charge in [0.05, 0.1) is 29.7 Å². The van der Waals surface area contributed by atoms with Crippen molar-refractivity contribution in [1.82, 2.24) is 19.8 Å². The number of benzene rings is 2. The highest BCUT2D eigenvalue weighted by molar-refractivity contribution is 6.04. The van der Waals surface area contributed by atoms with Crippen LogP contribution in [0.4, 0.5) is 24.5 Å². The van der Waals surface area contributed by atoms with Crippen LogP contribution in [-0.4, -0.2) is 65.4 Å². The number of aromatic nitrogens is 2. The molecule has 1 aromatic heterocycles. The number of amides is 1. The molecule has 1 fully saturated rings. The minimum Gasteiger partial charge on any atom is -0.362 e. The average molecular weight is 539 g/mol. The maximum absolute atomic E-state index is 13.8. The Labute approximate surface area is 226 Å². The number of likely N-dealkylation sites (tertiary alicyclic amines) is 1. The lowest BCUT2D eigenvalue weighted by molar-refractivity contribution is -0.137. The van der Waals surface area contributed by atoms with Gasteiger partial charge in [0.25, 0.3) is 5.91 Å². The Morgan fingerprint density at radius 3 is 2.56 bits per heavy atom. The van der Waals surface area contributed by atoms with E-state index in [-0.39, 0.29) is 11.7 Å². The first-order chi connectivity index (χ1) is 18.6. The number of likely N-dealkylation sites (N-methyl/N-ethyl adjacent to an activating group) is 1. The number of halogens is 3. The van der Waals surface area contributed by atoms with Gasteiger partial charge in [-0.2, -0.15) is 13.2 Å². The molecule has 5 rings (SSSR count). The van der Waals surface area contributed by atoms with Gasteiger partial charge in [0.2, 0.25) is 0 Å². The topological polar surface area (TPSA) is 64.6 Å². The van der Waals surface area contributed by atoms with E-state index < -0.39 is 17.6 Å². The molecule has 0 radical (unpaired) electrons. The van der Waals surface area contributed by atoms with Gasteiger partial charge in [-0.25, -0.2) is 9.97 Å². The Morgan fingerprint density at radius 2 is 1.87 bits per heavy atom. The summed E-state index contributed by atoms with van der Waals surface area (Å²) in [5.41, 5.74) is 3.36. The summed E-state index contributed by atoms with van der Waals surface area (Å²) in [4.78, 5) is 28.0. The first-order valence-corrected chi connectivity index (χ1v) is 13.1.